The number of hydrogen-bond donors (Lipinski definition) is 1. The number of halogens is 3. The van der Waals surface area contributed by atoms with Crippen LogP contribution in [0.1, 0.15) is 5.69 Å². The van der Waals surface area contributed by atoms with Crippen molar-refractivity contribution < 1.29 is 27.5 Å². The van der Waals surface area contributed by atoms with E-state index in [1.54, 1.807) is 16.8 Å². The smallest absolute Gasteiger partial charge is 0.312 e. The zero-order valence-corrected chi connectivity index (χ0v) is 15.4. The van der Waals surface area contributed by atoms with E-state index in [1.165, 1.54) is 11.3 Å². The van der Waals surface area contributed by atoms with Crippen molar-refractivity contribution >= 4 is 54.9 Å². The van der Waals surface area contributed by atoms with E-state index in [0.29, 0.717) is 5.69 Å². The molecule has 0 atom stereocenters. The molecular formula is C16H9F3N4O3S2. The molecule has 12 heteroatoms. The van der Waals surface area contributed by atoms with Gasteiger partial charge in [-0.3, -0.25) is 19.3 Å². The van der Waals surface area contributed by atoms with Gasteiger partial charge in [0.1, 0.15) is 5.52 Å². The van der Waals surface area contributed by atoms with Gasteiger partial charge in [-0.25, -0.2) is 23.1 Å². The van der Waals surface area contributed by atoms with Crippen LogP contribution >= 0.6 is 22.7 Å². The third kappa shape index (κ3) is 3.55. The third-order valence-electron chi connectivity index (χ3n) is 3.60. The van der Waals surface area contributed by atoms with Gasteiger partial charge in [0.25, 0.3) is 5.91 Å². The third-order valence-corrected chi connectivity index (χ3v) is 5.29. The number of esters is 1. The summed E-state index contributed by atoms with van der Waals surface area (Å²) in [4.78, 5) is 32.4. The van der Waals surface area contributed by atoms with Gasteiger partial charge < -0.3 is 4.74 Å². The molecule has 7 nitrogen and oxygen atoms in total. The first-order chi connectivity index (χ1) is 13.4. The lowest BCUT2D eigenvalue weighted by Crippen LogP contribution is -2.21. The number of hydrogen-bond acceptors (Lipinski definition) is 7. The quantitative estimate of drug-likeness (QED) is 0.392. The van der Waals surface area contributed by atoms with Crippen LogP contribution in [0.5, 0.6) is 0 Å². The Kier molecular flexibility index (Phi) is 4.73. The maximum atomic E-state index is 13.7. The number of nitrogens with one attached hydrogen (secondary N) is 1. The molecule has 4 aromatic rings. The maximum absolute atomic E-state index is 13.7. The summed E-state index contributed by atoms with van der Waals surface area (Å²) in [6.07, 6.45) is 3.38. The largest absolute Gasteiger partial charge is 0.455 e. The lowest BCUT2D eigenvalue weighted by molar-refractivity contribution is -0.146. The summed E-state index contributed by atoms with van der Waals surface area (Å²) in [5.41, 5.74) is 0.110. The van der Waals surface area contributed by atoms with E-state index < -0.39 is 41.5 Å². The normalized spacial score (nSPS) is 11.2. The average molecular weight is 426 g/mol. The average Bonchev–Trinajstić information content (AvgIpc) is 3.33. The van der Waals surface area contributed by atoms with Crippen LogP contribution < -0.4 is 5.32 Å². The minimum absolute atomic E-state index is 0.0310. The van der Waals surface area contributed by atoms with E-state index in [1.807, 2.05) is 5.38 Å². The van der Waals surface area contributed by atoms with E-state index in [4.69, 9.17) is 4.74 Å². The molecule has 1 N–H and O–H groups in total. The minimum Gasteiger partial charge on any atom is -0.455 e. The van der Waals surface area contributed by atoms with Crippen LogP contribution in [0.15, 0.2) is 23.8 Å². The molecule has 3 aromatic heterocycles. The fourth-order valence-corrected chi connectivity index (χ4v) is 4.01. The van der Waals surface area contributed by atoms with Crippen molar-refractivity contribution in [3.63, 3.8) is 0 Å². The number of anilines is 1. The van der Waals surface area contributed by atoms with Gasteiger partial charge >= 0.3 is 5.97 Å². The van der Waals surface area contributed by atoms with E-state index >= 15 is 0 Å². The molecule has 0 saturated heterocycles. The zero-order chi connectivity index (χ0) is 19.8. The van der Waals surface area contributed by atoms with E-state index in [-0.39, 0.29) is 16.3 Å². The number of ether oxygens (including phenoxy) is 1. The number of nitrogens with zero attached hydrogens (tertiary/aromatic N) is 3. The van der Waals surface area contributed by atoms with Crippen molar-refractivity contribution in [3.8, 4) is 0 Å². The SMILES string of the molecule is O=C(COC(=O)Cc1cn2ccsc2n1)Nc1nc2c(F)c(F)c(F)cc2s1. The van der Waals surface area contributed by atoms with Crippen LogP contribution in [0.25, 0.3) is 15.2 Å². The van der Waals surface area contributed by atoms with Crippen LogP contribution in [0.2, 0.25) is 0 Å². The van der Waals surface area contributed by atoms with Crippen molar-refractivity contribution in [1.29, 1.82) is 0 Å². The van der Waals surface area contributed by atoms with Crippen molar-refractivity contribution in [1.82, 2.24) is 14.4 Å². The van der Waals surface area contributed by atoms with Gasteiger partial charge in [0, 0.05) is 17.8 Å². The standard InChI is InChI=1S/C16H9F3N4O3S2/c17-8-4-9-14(13(19)12(8)18)22-15(28-9)21-10(24)6-26-11(25)3-7-5-23-1-2-27-16(23)20-7/h1-2,4-5H,3,6H2,(H,21,22,24). The van der Waals surface area contributed by atoms with Gasteiger partial charge in [-0.2, -0.15) is 0 Å². The Morgan fingerprint density at radius 3 is 2.82 bits per heavy atom. The molecule has 28 heavy (non-hydrogen) atoms. The molecule has 0 radical (unpaired) electrons. The second-order valence-electron chi connectivity index (χ2n) is 5.56. The van der Waals surface area contributed by atoms with Crippen LogP contribution in [0, 0.1) is 17.5 Å². The van der Waals surface area contributed by atoms with Crippen LogP contribution in [0.4, 0.5) is 18.3 Å². The highest BCUT2D eigenvalue weighted by Crippen LogP contribution is 2.30. The highest BCUT2D eigenvalue weighted by molar-refractivity contribution is 7.22. The van der Waals surface area contributed by atoms with Crippen LogP contribution in [0.3, 0.4) is 0 Å². The number of aromatic nitrogens is 3. The van der Waals surface area contributed by atoms with Crippen molar-refractivity contribution in [2.75, 3.05) is 11.9 Å². The van der Waals surface area contributed by atoms with E-state index in [9.17, 15) is 22.8 Å². The number of benzene rings is 1. The van der Waals surface area contributed by atoms with Crippen molar-refractivity contribution in [2.24, 2.45) is 0 Å². The van der Waals surface area contributed by atoms with Gasteiger partial charge in [-0.05, 0) is 6.07 Å². The Morgan fingerprint density at radius 1 is 1.21 bits per heavy atom. The Labute approximate surface area is 162 Å². The predicted molar refractivity (Wildman–Crippen MR) is 95.9 cm³/mol. The van der Waals surface area contributed by atoms with Gasteiger partial charge in [-0.1, -0.05) is 11.3 Å². The molecule has 0 fully saturated rings. The van der Waals surface area contributed by atoms with Crippen molar-refractivity contribution in [2.45, 2.75) is 6.42 Å². The van der Waals surface area contributed by atoms with Gasteiger partial charge in [0.15, 0.2) is 34.2 Å². The predicted octanol–water partition coefficient (Wildman–Crippen LogP) is 3.15. The minimum atomic E-state index is -1.64. The highest BCUT2D eigenvalue weighted by Gasteiger charge is 2.19. The molecule has 0 aliphatic rings. The van der Waals surface area contributed by atoms with Crippen LogP contribution in [-0.2, 0) is 20.7 Å². The number of imidazole rings is 1. The monoisotopic (exact) mass is 426 g/mol. The number of rotatable bonds is 5. The fourth-order valence-electron chi connectivity index (χ4n) is 2.39. The first-order valence-electron chi connectivity index (χ1n) is 7.71. The fraction of sp³-hybridized carbons (Fsp3) is 0.125. The Bertz CT molecular complexity index is 1190. The number of carbonyl (C=O) groups excluding carboxylic acids is 2. The molecule has 0 unspecified atom stereocenters. The number of carbonyl (C=O) groups is 2. The van der Waals surface area contributed by atoms with Gasteiger partial charge in [0.2, 0.25) is 0 Å². The number of amides is 1. The molecule has 4 rings (SSSR count). The molecular weight excluding hydrogens is 417 g/mol. The summed E-state index contributed by atoms with van der Waals surface area (Å²) in [5.74, 6) is -5.79. The van der Waals surface area contributed by atoms with Gasteiger partial charge in [-0.15, -0.1) is 11.3 Å². The topological polar surface area (TPSA) is 85.6 Å². The molecule has 0 saturated carbocycles. The lowest BCUT2D eigenvalue weighted by atomic mass is 10.3. The molecule has 0 bridgehead atoms. The molecule has 3 heterocycles. The molecule has 1 amide bonds. The summed E-state index contributed by atoms with van der Waals surface area (Å²) in [5, 5.41) is 4.07. The first kappa shape index (κ1) is 18.4. The lowest BCUT2D eigenvalue weighted by Gasteiger charge is -2.03. The van der Waals surface area contributed by atoms with Crippen LogP contribution in [-0.4, -0.2) is 32.9 Å². The molecule has 0 aliphatic carbocycles. The Hall–Kier alpha value is -2.99. The molecule has 0 aliphatic heterocycles. The maximum Gasteiger partial charge on any atom is 0.312 e. The Balaban J connectivity index is 1.35. The first-order valence-corrected chi connectivity index (χ1v) is 9.41. The van der Waals surface area contributed by atoms with Gasteiger partial charge in [0.05, 0.1) is 16.8 Å². The molecule has 1 aromatic carbocycles. The second kappa shape index (κ2) is 7.20. The molecule has 0 spiro atoms. The number of fused-ring (bicyclic) bond motifs is 2. The van der Waals surface area contributed by atoms with E-state index in [0.717, 1.165) is 22.4 Å². The summed E-state index contributed by atoms with van der Waals surface area (Å²) in [7, 11) is 0. The zero-order valence-electron chi connectivity index (χ0n) is 13.7. The number of thiazole rings is 2. The summed E-state index contributed by atoms with van der Waals surface area (Å²) in [6, 6.07) is 0.788. The Morgan fingerprint density at radius 2 is 2.04 bits per heavy atom. The summed E-state index contributed by atoms with van der Waals surface area (Å²) >= 11 is 2.18. The summed E-state index contributed by atoms with van der Waals surface area (Å²) in [6.45, 7) is -0.595. The second-order valence-corrected chi connectivity index (χ2v) is 7.47. The molecule has 144 valence electrons. The van der Waals surface area contributed by atoms with E-state index in [2.05, 4.69) is 15.3 Å². The summed E-state index contributed by atoms with van der Waals surface area (Å²) < 4.78 is 46.8. The highest BCUT2D eigenvalue weighted by atomic mass is 32.1. The van der Waals surface area contributed by atoms with Crippen molar-refractivity contribution in [3.05, 3.63) is 47.0 Å².